The van der Waals surface area contributed by atoms with Crippen LogP contribution in [0.1, 0.15) is 53.1 Å². The molecule has 0 aliphatic carbocycles. The summed E-state index contributed by atoms with van der Waals surface area (Å²) in [5.41, 5.74) is -2.03. The zero-order chi connectivity index (χ0) is 22.7. The van der Waals surface area contributed by atoms with Crippen LogP contribution in [-0.4, -0.2) is 46.3 Å². The number of carbonyl (C=O) groups excluding carboxylic acids is 2. The number of benzene rings is 1. The van der Waals surface area contributed by atoms with E-state index >= 15 is 0 Å². The third kappa shape index (κ3) is 4.23. The first-order chi connectivity index (χ1) is 14.8. The van der Waals surface area contributed by atoms with Crippen LogP contribution in [0.15, 0.2) is 29.2 Å². The summed E-state index contributed by atoms with van der Waals surface area (Å²) in [5.74, 6) is -3.94. The van der Waals surface area contributed by atoms with Gasteiger partial charge in [-0.05, 0) is 25.5 Å². The minimum absolute atomic E-state index is 0.217. The third-order valence-corrected chi connectivity index (χ3v) is 5.18. The van der Waals surface area contributed by atoms with Crippen LogP contribution in [0.3, 0.4) is 0 Å². The molecule has 10 heteroatoms. The Morgan fingerprint density at radius 3 is 2.48 bits per heavy atom. The molecule has 1 aliphatic rings. The molecule has 2 heterocycles. The summed E-state index contributed by atoms with van der Waals surface area (Å²) in [4.78, 5) is 39.4. The van der Waals surface area contributed by atoms with Crippen molar-refractivity contribution in [3.63, 3.8) is 0 Å². The Bertz CT molecular complexity index is 1050. The van der Waals surface area contributed by atoms with Gasteiger partial charge in [-0.1, -0.05) is 19.4 Å². The number of halogens is 2. The number of hydrogen-bond acceptors (Lipinski definition) is 5. The van der Waals surface area contributed by atoms with Gasteiger partial charge in [-0.2, -0.15) is 0 Å². The molecule has 0 atom stereocenters. The first-order valence-corrected chi connectivity index (χ1v) is 10.0. The summed E-state index contributed by atoms with van der Waals surface area (Å²) in [6.07, 6.45) is 2.84. The van der Waals surface area contributed by atoms with Gasteiger partial charge in [0.2, 0.25) is 5.43 Å². The quantitative estimate of drug-likeness (QED) is 0.695. The van der Waals surface area contributed by atoms with Crippen molar-refractivity contribution in [2.75, 3.05) is 24.8 Å². The van der Waals surface area contributed by atoms with Gasteiger partial charge in [0.25, 0.3) is 11.8 Å². The van der Waals surface area contributed by atoms with Crippen molar-refractivity contribution in [3.05, 3.63) is 63.1 Å². The minimum atomic E-state index is -1.03. The van der Waals surface area contributed by atoms with Crippen LogP contribution in [0.5, 0.6) is 5.75 Å². The SMILES string of the molecule is CCCCN1CN(CC)C(=O)c2c(O)c(=O)c(C(=O)NCc3c(F)cccc3F)cn21. The molecule has 1 aromatic carbocycles. The first-order valence-electron chi connectivity index (χ1n) is 10.0. The van der Waals surface area contributed by atoms with E-state index in [4.69, 9.17) is 0 Å². The first kappa shape index (κ1) is 22.3. The molecule has 0 spiro atoms. The fraction of sp³-hybridized carbons (Fsp3) is 0.381. The number of rotatable bonds is 7. The fourth-order valence-electron chi connectivity index (χ4n) is 3.38. The molecule has 0 saturated carbocycles. The average Bonchev–Trinajstić information content (AvgIpc) is 2.74. The van der Waals surface area contributed by atoms with Crippen molar-refractivity contribution >= 4 is 11.8 Å². The Labute approximate surface area is 177 Å². The number of hydrogen-bond donors (Lipinski definition) is 2. The molecule has 2 N–H and O–H groups in total. The van der Waals surface area contributed by atoms with Crippen LogP contribution >= 0.6 is 0 Å². The van der Waals surface area contributed by atoms with Gasteiger partial charge in [0, 0.05) is 31.4 Å². The van der Waals surface area contributed by atoms with Gasteiger partial charge in [-0.3, -0.25) is 24.1 Å². The van der Waals surface area contributed by atoms with E-state index in [9.17, 15) is 28.3 Å². The molecule has 0 radical (unpaired) electrons. The second kappa shape index (κ2) is 9.15. The fourth-order valence-corrected chi connectivity index (χ4v) is 3.38. The molecule has 3 rings (SSSR count). The van der Waals surface area contributed by atoms with E-state index in [2.05, 4.69) is 5.32 Å². The summed E-state index contributed by atoms with van der Waals surface area (Å²) in [6.45, 7) is 4.43. The van der Waals surface area contributed by atoms with Crippen LogP contribution in [0.25, 0.3) is 0 Å². The second-order valence-electron chi connectivity index (χ2n) is 7.18. The zero-order valence-corrected chi connectivity index (χ0v) is 17.3. The van der Waals surface area contributed by atoms with Gasteiger partial charge in [0.1, 0.15) is 23.9 Å². The Balaban J connectivity index is 1.97. The van der Waals surface area contributed by atoms with E-state index < -0.39 is 46.7 Å². The molecule has 2 aromatic rings. The van der Waals surface area contributed by atoms with Crippen LogP contribution in [0, 0.1) is 11.6 Å². The lowest BCUT2D eigenvalue weighted by Crippen LogP contribution is -2.54. The molecule has 0 bridgehead atoms. The van der Waals surface area contributed by atoms with Crippen molar-refractivity contribution in [3.8, 4) is 5.75 Å². The van der Waals surface area contributed by atoms with E-state index in [0.717, 1.165) is 25.0 Å². The molecule has 1 aliphatic heterocycles. The third-order valence-electron chi connectivity index (χ3n) is 5.18. The van der Waals surface area contributed by atoms with E-state index in [1.807, 2.05) is 6.92 Å². The summed E-state index contributed by atoms with van der Waals surface area (Å²) in [6, 6.07) is 3.31. The number of amides is 2. The van der Waals surface area contributed by atoms with Crippen LogP contribution < -0.4 is 15.8 Å². The number of nitrogens with one attached hydrogen (secondary N) is 1. The van der Waals surface area contributed by atoms with Crippen molar-refractivity contribution in [1.29, 1.82) is 0 Å². The number of unbranched alkanes of at least 4 members (excludes halogenated alkanes) is 1. The molecule has 0 saturated heterocycles. The van der Waals surface area contributed by atoms with Gasteiger partial charge in [0.15, 0.2) is 11.4 Å². The number of carbonyl (C=O) groups is 2. The standard InChI is InChI=1S/C21H24F2N4O4/c1-3-5-9-26-12-25(4-2)21(31)17-19(29)18(28)14(11-27(17)26)20(30)24-10-13-15(22)7-6-8-16(13)23/h6-8,11,29H,3-5,9-10,12H2,1-2H3,(H,24,30). The molecule has 0 unspecified atom stereocenters. The van der Waals surface area contributed by atoms with E-state index in [1.165, 1.54) is 21.8 Å². The number of nitrogens with zero attached hydrogens (tertiary/aromatic N) is 3. The highest BCUT2D eigenvalue weighted by Gasteiger charge is 2.33. The molecule has 166 valence electrons. The normalized spacial score (nSPS) is 13.4. The topological polar surface area (TPSA) is 94.9 Å². The van der Waals surface area contributed by atoms with Crippen LogP contribution in [0.2, 0.25) is 0 Å². The number of aromatic nitrogens is 1. The molecule has 8 nitrogen and oxygen atoms in total. The second-order valence-corrected chi connectivity index (χ2v) is 7.18. The van der Waals surface area contributed by atoms with Gasteiger partial charge in [-0.15, -0.1) is 0 Å². The summed E-state index contributed by atoms with van der Waals surface area (Å²) < 4.78 is 28.9. The number of fused-ring (bicyclic) bond motifs is 1. The minimum Gasteiger partial charge on any atom is -0.502 e. The van der Waals surface area contributed by atoms with Crippen molar-refractivity contribution in [2.45, 2.75) is 33.2 Å². The summed E-state index contributed by atoms with van der Waals surface area (Å²) in [7, 11) is 0. The summed E-state index contributed by atoms with van der Waals surface area (Å²) in [5, 5.41) is 14.5. The predicted octanol–water partition coefficient (Wildman–Crippen LogP) is 1.93. The summed E-state index contributed by atoms with van der Waals surface area (Å²) >= 11 is 0. The van der Waals surface area contributed by atoms with Crippen molar-refractivity contribution in [1.82, 2.24) is 14.9 Å². The lowest BCUT2D eigenvalue weighted by Gasteiger charge is -2.39. The molecular weight excluding hydrogens is 410 g/mol. The molecule has 2 amide bonds. The largest absolute Gasteiger partial charge is 0.502 e. The lowest BCUT2D eigenvalue weighted by atomic mass is 10.1. The highest BCUT2D eigenvalue weighted by molar-refractivity contribution is 5.99. The van der Waals surface area contributed by atoms with Crippen molar-refractivity contribution in [2.24, 2.45) is 0 Å². The predicted molar refractivity (Wildman–Crippen MR) is 109 cm³/mol. The van der Waals surface area contributed by atoms with Gasteiger partial charge in [-0.25, -0.2) is 8.78 Å². The molecule has 1 aromatic heterocycles. The number of aromatic hydroxyl groups is 1. The highest BCUT2D eigenvalue weighted by atomic mass is 19.1. The van der Waals surface area contributed by atoms with Gasteiger partial charge < -0.3 is 15.3 Å². The monoisotopic (exact) mass is 434 g/mol. The van der Waals surface area contributed by atoms with E-state index in [1.54, 1.807) is 11.9 Å². The Morgan fingerprint density at radius 2 is 1.87 bits per heavy atom. The maximum absolute atomic E-state index is 13.8. The highest BCUT2D eigenvalue weighted by Crippen LogP contribution is 2.21. The van der Waals surface area contributed by atoms with E-state index in [-0.39, 0.29) is 17.9 Å². The molecule has 0 fully saturated rings. The van der Waals surface area contributed by atoms with E-state index in [0.29, 0.717) is 13.1 Å². The zero-order valence-electron chi connectivity index (χ0n) is 17.3. The molecule has 31 heavy (non-hydrogen) atoms. The number of pyridine rings is 1. The van der Waals surface area contributed by atoms with Gasteiger partial charge in [0.05, 0.1) is 0 Å². The maximum Gasteiger partial charge on any atom is 0.277 e. The Kier molecular flexibility index (Phi) is 6.57. The smallest absolute Gasteiger partial charge is 0.277 e. The average molecular weight is 434 g/mol. The maximum atomic E-state index is 13.8. The molecular formula is C21H24F2N4O4. The van der Waals surface area contributed by atoms with Crippen molar-refractivity contribution < 1.29 is 23.5 Å². The Morgan fingerprint density at radius 1 is 1.19 bits per heavy atom. The van der Waals surface area contributed by atoms with Crippen LogP contribution in [0.4, 0.5) is 8.78 Å². The Hall–Kier alpha value is -3.43. The lowest BCUT2D eigenvalue weighted by molar-refractivity contribution is 0.0695. The van der Waals surface area contributed by atoms with Gasteiger partial charge >= 0.3 is 0 Å². The van der Waals surface area contributed by atoms with Crippen LogP contribution in [-0.2, 0) is 6.54 Å².